The maximum absolute atomic E-state index is 11.7. The predicted molar refractivity (Wildman–Crippen MR) is 108 cm³/mol. The zero-order chi connectivity index (χ0) is 18.5. The van der Waals surface area contributed by atoms with Crippen molar-refractivity contribution < 1.29 is 4.92 Å². The van der Waals surface area contributed by atoms with Gasteiger partial charge in [-0.15, -0.1) is 0 Å². The van der Waals surface area contributed by atoms with E-state index in [2.05, 4.69) is 47.8 Å². The molecule has 4 nitrogen and oxygen atoms in total. The molecule has 3 atom stereocenters. The summed E-state index contributed by atoms with van der Waals surface area (Å²) >= 11 is 6.19. The van der Waals surface area contributed by atoms with Crippen LogP contribution in [0.4, 0.5) is 11.4 Å². The van der Waals surface area contributed by atoms with E-state index >= 15 is 0 Å². The van der Waals surface area contributed by atoms with Crippen LogP contribution in [-0.2, 0) is 0 Å². The number of fused-ring (bicyclic) bond motifs is 4. The van der Waals surface area contributed by atoms with Gasteiger partial charge in [0.25, 0.3) is 5.69 Å². The van der Waals surface area contributed by atoms with Gasteiger partial charge < -0.3 is 5.32 Å². The molecular formula is C22H17ClN2O2. The molecule has 0 amide bonds. The highest BCUT2D eigenvalue weighted by Gasteiger charge is 2.41. The Hall–Kier alpha value is -2.85. The van der Waals surface area contributed by atoms with Crippen molar-refractivity contribution in [2.45, 2.75) is 18.4 Å². The molecule has 2 aliphatic rings. The van der Waals surface area contributed by atoms with E-state index in [0.29, 0.717) is 16.6 Å². The Balaban J connectivity index is 1.72. The average Bonchev–Trinajstić information content (AvgIpc) is 3.16. The van der Waals surface area contributed by atoms with E-state index in [1.165, 1.54) is 22.4 Å². The number of benzene rings is 3. The molecule has 5 heteroatoms. The number of hydrogen-bond donors (Lipinski definition) is 1. The molecule has 3 aromatic carbocycles. The highest BCUT2D eigenvalue weighted by molar-refractivity contribution is 6.31. The van der Waals surface area contributed by atoms with E-state index in [0.717, 1.165) is 12.0 Å². The fourth-order valence-corrected chi connectivity index (χ4v) is 4.84. The number of rotatable bonds is 2. The van der Waals surface area contributed by atoms with Crippen molar-refractivity contribution in [1.82, 2.24) is 0 Å². The number of nitro benzene ring substituents is 1. The second-order valence-corrected chi connectivity index (χ2v) is 7.63. The van der Waals surface area contributed by atoms with Gasteiger partial charge in [-0.2, -0.15) is 0 Å². The van der Waals surface area contributed by atoms with Crippen LogP contribution in [0.15, 0.2) is 66.7 Å². The molecule has 0 aromatic heterocycles. The van der Waals surface area contributed by atoms with Gasteiger partial charge in [-0.1, -0.05) is 66.2 Å². The lowest BCUT2D eigenvalue weighted by molar-refractivity contribution is -0.384. The molecule has 1 N–H and O–H groups in total. The molecule has 0 bridgehead atoms. The minimum absolute atomic E-state index is 0.00322. The Morgan fingerprint density at radius 1 is 1.07 bits per heavy atom. The molecule has 134 valence electrons. The number of nitrogens with one attached hydrogen (secondary N) is 1. The van der Waals surface area contributed by atoms with E-state index in [1.807, 2.05) is 18.2 Å². The molecule has 5 rings (SSSR count). The third kappa shape index (κ3) is 2.52. The first-order valence-corrected chi connectivity index (χ1v) is 9.40. The number of hydrogen-bond acceptors (Lipinski definition) is 3. The number of halogens is 1. The molecular weight excluding hydrogens is 360 g/mol. The lowest BCUT2D eigenvalue weighted by Crippen LogP contribution is -2.29. The van der Waals surface area contributed by atoms with E-state index in [4.69, 9.17) is 11.6 Å². The first-order valence-electron chi connectivity index (χ1n) is 9.02. The van der Waals surface area contributed by atoms with Gasteiger partial charge in [0.15, 0.2) is 0 Å². The van der Waals surface area contributed by atoms with Gasteiger partial charge in [0.1, 0.15) is 5.69 Å². The molecule has 27 heavy (non-hydrogen) atoms. The fourth-order valence-electron chi connectivity index (χ4n) is 4.62. The number of nitrogens with zero attached hydrogens (tertiary/aromatic N) is 1. The Bertz CT molecular complexity index is 1100. The zero-order valence-corrected chi connectivity index (χ0v) is 15.2. The van der Waals surface area contributed by atoms with Gasteiger partial charge >= 0.3 is 0 Å². The number of nitro groups is 1. The maximum atomic E-state index is 11.7. The first kappa shape index (κ1) is 16.3. The topological polar surface area (TPSA) is 55.2 Å². The summed E-state index contributed by atoms with van der Waals surface area (Å²) in [5, 5.41) is 17.9. The Labute approximate surface area is 161 Å². The van der Waals surface area contributed by atoms with Gasteiger partial charge in [0, 0.05) is 17.0 Å². The summed E-state index contributed by atoms with van der Waals surface area (Å²) in [5.74, 6) is 0.434. The summed E-state index contributed by atoms with van der Waals surface area (Å²) < 4.78 is 0. The van der Waals surface area contributed by atoms with Gasteiger partial charge in [-0.3, -0.25) is 10.1 Å². The van der Waals surface area contributed by atoms with E-state index in [-0.39, 0.29) is 22.6 Å². The van der Waals surface area contributed by atoms with Crippen molar-refractivity contribution in [3.63, 3.8) is 0 Å². The Morgan fingerprint density at radius 3 is 2.74 bits per heavy atom. The van der Waals surface area contributed by atoms with Gasteiger partial charge in [-0.25, -0.2) is 0 Å². The quantitative estimate of drug-likeness (QED) is 0.327. The van der Waals surface area contributed by atoms with Crippen LogP contribution in [-0.4, -0.2) is 4.92 Å². The SMILES string of the molecule is O=[N+]([O-])c1cc(Cl)cc2c1NC(c1cccc3ccccc13)[C@H]1CC=C[C@@H]21. The molecule has 1 aliphatic carbocycles. The van der Waals surface area contributed by atoms with Crippen LogP contribution < -0.4 is 5.32 Å². The second kappa shape index (κ2) is 6.10. The number of anilines is 1. The van der Waals surface area contributed by atoms with Crippen LogP contribution in [0.3, 0.4) is 0 Å². The van der Waals surface area contributed by atoms with Crippen molar-refractivity contribution in [3.05, 3.63) is 93.0 Å². The van der Waals surface area contributed by atoms with Crippen molar-refractivity contribution >= 4 is 33.7 Å². The summed E-state index contributed by atoms with van der Waals surface area (Å²) in [7, 11) is 0. The third-order valence-electron chi connectivity index (χ3n) is 5.77. The highest BCUT2D eigenvalue weighted by atomic mass is 35.5. The molecule has 0 fully saturated rings. The minimum atomic E-state index is -0.350. The van der Waals surface area contributed by atoms with Crippen LogP contribution in [0.1, 0.15) is 29.5 Å². The summed E-state index contributed by atoms with van der Waals surface area (Å²) in [6.07, 6.45) is 5.28. The molecule has 3 aromatic rings. The summed E-state index contributed by atoms with van der Waals surface area (Å²) in [4.78, 5) is 11.3. The summed E-state index contributed by atoms with van der Waals surface area (Å²) in [6, 6.07) is 17.9. The predicted octanol–water partition coefficient (Wildman–Crippen LogP) is 6.23. The highest BCUT2D eigenvalue weighted by Crippen LogP contribution is 2.53. The first-order chi connectivity index (χ1) is 13.1. The molecule has 1 heterocycles. The minimum Gasteiger partial charge on any atom is -0.372 e. The summed E-state index contributed by atoms with van der Waals surface area (Å²) in [5.41, 5.74) is 2.74. The van der Waals surface area contributed by atoms with Crippen LogP contribution in [0.5, 0.6) is 0 Å². The largest absolute Gasteiger partial charge is 0.372 e. The summed E-state index contributed by atoms with van der Waals surface area (Å²) in [6.45, 7) is 0. The molecule has 1 unspecified atom stereocenters. The van der Waals surface area contributed by atoms with E-state index < -0.39 is 0 Å². The van der Waals surface area contributed by atoms with Crippen molar-refractivity contribution in [2.75, 3.05) is 5.32 Å². The molecule has 1 aliphatic heterocycles. The van der Waals surface area contributed by atoms with Gasteiger partial charge in [0.05, 0.1) is 11.0 Å². The molecule has 0 spiro atoms. The van der Waals surface area contributed by atoms with Crippen LogP contribution in [0.25, 0.3) is 10.8 Å². The van der Waals surface area contributed by atoms with Gasteiger partial charge in [0.2, 0.25) is 0 Å². The lowest BCUT2D eigenvalue weighted by atomic mass is 9.76. The van der Waals surface area contributed by atoms with Crippen molar-refractivity contribution in [3.8, 4) is 0 Å². The van der Waals surface area contributed by atoms with Crippen LogP contribution in [0, 0.1) is 16.0 Å². The molecule has 0 radical (unpaired) electrons. The average molecular weight is 377 g/mol. The van der Waals surface area contributed by atoms with Crippen molar-refractivity contribution in [2.24, 2.45) is 5.92 Å². The normalized spacial score (nSPS) is 22.9. The molecule has 0 saturated heterocycles. The van der Waals surface area contributed by atoms with E-state index in [9.17, 15) is 10.1 Å². The van der Waals surface area contributed by atoms with Gasteiger partial charge in [-0.05, 0) is 40.3 Å². The number of allylic oxidation sites excluding steroid dienone is 2. The van der Waals surface area contributed by atoms with Crippen LogP contribution >= 0.6 is 11.6 Å². The smallest absolute Gasteiger partial charge is 0.294 e. The Kier molecular flexibility index (Phi) is 3.69. The van der Waals surface area contributed by atoms with Crippen molar-refractivity contribution in [1.29, 1.82) is 0 Å². The van der Waals surface area contributed by atoms with E-state index in [1.54, 1.807) is 0 Å². The fraction of sp³-hybridized carbons (Fsp3) is 0.182. The zero-order valence-electron chi connectivity index (χ0n) is 14.4. The van der Waals surface area contributed by atoms with Crippen LogP contribution in [0.2, 0.25) is 5.02 Å². The lowest BCUT2D eigenvalue weighted by Gasteiger charge is -2.37. The molecule has 0 saturated carbocycles. The second-order valence-electron chi connectivity index (χ2n) is 7.19. The monoisotopic (exact) mass is 376 g/mol. The third-order valence-corrected chi connectivity index (χ3v) is 5.99. The Morgan fingerprint density at radius 2 is 1.89 bits per heavy atom. The standard InChI is InChI=1S/C22H17ClN2O2/c23-14-11-19-16-8-4-10-18(16)21(24-22(19)20(12-14)25(26)27)17-9-3-6-13-5-1-2-7-15(13)17/h1-9,11-12,16,18,21,24H,10H2/t16-,18+,21?/m1/s1. The maximum Gasteiger partial charge on any atom is 0.294 e.